The molecule has 37 heavy (non-hydrogen) atoms. The van der Waals surface area contributed by atoms with Crippen molar-refractivity contribution in [2.45, 2.75) is 57.3 Å². The van der Waals surface area contributed by atoms with Gasteiger partial charge in [0.25, 0.3) is 5.91 Å². The Morgan fingerprint density at radius 1 is 0.811 bits per heavy atom. The summed E-state index contributed by atoms with van der Waals surface area (Å²) in [4.78, 5) is 15.6. The van der Waals surface area contributed by atoms with Crippen LogP contribution in [0.5, 0.6) is 0 Å². The third-order valence-corrected chi connectivity index (χ3v) is 7.21. The van der Waals surface area contributed by atoms with Gasteiger partial charge >= 0.3 is 0 Å². The van der Waals surface area contributed by atoms with E-state index in [1.165, 1.54) is 25.3 Å². The first kappa shape index (κ1) is 25.0. The standard InChI is InChI=1S/C32H33FN2O2/c33-29-19-11-10-16-26(29)22-35(27-17-8-3-9-18-27)23-28-20-21-30(37-28)32(36)34-31(24-12-4-1-5-13-24)25-14-6-2-7-15-25/h1-2,4-7,10-16,19-21,27,31H,3,8-9,17-18,22-23H2,(H,34,36). The van der Waals surface area contributed by atoms with Crippen LogP contribution in [0, 0.1) is 5.82 Å². The third kappa shape index (κ3) is 6.36. The molecule has 5 heteroatoms. The summed E-state index contributed by atoms with van der Waals surface area (Å²) < 4.78 is 20.5. The Bertz CT molecular complexity index is 1240. The van der Waals surface area contributed by atoms with Crippen LogP contribution in [0.15, 0.2) is 101 Å². The van der Waals surface area contributed by atoms with Gasteiger partial charge in [-0.2, -0.15) is 0 Å². The summed E-state index contributed by atoms with van der Waals surface area (Å²) in [5, 5.41) is 3.15. The fourth-order valence-corrected chi connectivity index (χ4v) is 5.24. The van der Waals surface area contributed by atoms with Gasteiger partial charge in [0.2, 0.25) is 0 Å². The quantitative estimate of drug-likeness (QED) is 0.265. The molecule has 1 aliphatic rings. The number of benzene rings is 3. The van der Waals surface area contributed by atoms with Gasteiger partial charge < -0.3 is 9.73 Å². The van der Waals surface area contributed by atoms with E-state index in [1.807, 2.05) is 78.9 Å². The first-order valence-corrected chi connectivity index (χ1v) is 13.1. The topological polar surface area (TPSA) is 45.5 Å². The van der Waals surface area contributed by atoms with E-state index in [0.29, 0.717) is 30.5 Å². The molecule has 1 amide bonds. The van der Waals surface area contributed by atoms with Crippen LogP contribution in [0.1, 0.15) is 71.2 Å². The van der Waals surface area contributed by atoms with Crippen molar-refractivity contribution in [3.05, 3.63) is 131 Å². The van der Waals surface area contributed by atoms with E-state index in [-0.39, 0.29) is 23.5 Å². The number of rotatable bonds is 9. The highest BCUT2D eigenvalue weighted by Crippen LogP contribution is 2.27. The molecule has 1 saturated carbocycles. The highest BCUT2D eigenvalue weighted by Gasteiger charge is 2.25. The van der Waals surface area contributed by atoms with Gasteiger partial charge in [0.1, 0.15) is 11.6 Å². The molecule has 190 valence electrons. The number of halogens is 1. The number of nitrogens with one attached hydrogen (secondary N) is 1. The molecule has 3 aromatic carbocycles. The second kappa shape index (κ2) is 12.0. The number of hydrogen-bond donors (Lipinski definition) is 1. The molecule has 4 aromatic rings. The maximum Gasteiger partial charge on any atom is 0.287 e. The molecule has 0 bridgehead atoms. The Morgan fingerprint density at radius 2 is 1.43 bits per heavy atom. The van der Waals surface area contributed by atoms with Gasteiger partial charge in [-0.15, -0.1) is 0 Å². The smallest absolute Gasteiger partial charge is 0.287 e. The molecule has 0 saturated heterocycles. The molecular weight excluding hydrogens is 463 g/mol. The summed E-state index contributed by atoms with van der Waals surface area (Å²) in [6.45, 7) is 1.05. The Morgan fingerprint density at radius 3 is 2.08 bits per heavy atom. The van der Waals surface area contributed by atoms with Crippen LogP contribution in [-0.4, -0.2) is 16.8 Å². The lowest BCUT2D eigenvalue weighted by Crippen LogP contribution is -2.36. The molecule has 1 N–H and O–H groups in total. The van der Waals surface area contributed by atoms with E-state index in [4.69, 9.17) is 4.42 Å². The number of nitrogens with zero attached hydrogens (tertiary/aromatic N) is 1. The molecule has 1 fully saturated rings. The number of furan rings is 1. The van der Waals surface area contributed by atoms with Crippen molar-refractivity contribution in [2.75, 3.05) is 0 Å². The molecule has 0 radical (unpaired) electrons. The second-order valence-electron chi connectivity index (χ2n) is 9.78. The van der Waals surface area contributed by atoms with E-state index >= 15 is 0 Å². The van der Waals surface area contributed by atoms with Crippen LogP contribution >= 0.6 is 0 Å². The lowest BCUT2D eigenvalue weighted by atomic mass is 9.93. The van der Waals surface area contributed by atoms with Gasteiger partial charge in [0.15, 0.2) is 5.76 Å². The summed E-state index contributed by atoms with van der Waals surface area (Å²) >= 11 is 0. The fraction of sp³-hybridized carbons (Fsp3) is 0.281. The van der Waals surface area contributed by atoms with Crippen molar-refractivity contribution < 1.29 is 13.6 Å². The van der Waals surface area contributed by atoms with Gasteiger partial charge in [0, 0.05) is 18.2 Å². The van der Waals surface area contributed by atoms with Gasteiger partial charge in [-0.3, -0.25) is 9.69 Å². The number of carbonyl (C=O) groups is 1. The predicted molar refractivity (Wildman–Crippen MR) is 143 cm³/mol. The SMILES string of the molecule is O=C(NC(c1ccccc1)c1ccccc1)c1ccc(CN(Cc2ccccc2F)C2CCCCC2)o1. The maximum absolute atomic E-state index is 14.5. The van der Waals surface area contributed by atoms with Gasteiger partial charge in [-0.25, -0.2) is 4.39 Å². The van der Waals surface area contributed by atoms with Crippen molar-refractivity contribution in [1.82, 2.24) is 10.2 Å². The Hall–Kier alpha value is -3.70. The van der Waals surface area contributed by atoms with Crippen molar-refractivity contribution in [3.63, 3.8) is 0 Å². The second-order valence-corrected chi connectivity index (χ2v) is 9.78. The maximum atomic E-state index is 14.5. The van der Waals surface area contributed by atoms with Gasteiger partial charge in [-0.05, 0) is 42.2 Å². The summed E-state index contributed by atoms with van der Waals surface area (Å²) in [6.07, 6.45) is 5.81. The zero-order chi connectivity index (χ0) is 25.5. The monoisotopic (exact) mass is 496 g/mol. The van der Waals surface area contributed by atoms with Crippen molar-refractivity contribution >= 4 is 5.91 Å². The first-order valence-electron chi connectivity index (χ1n) is 13.1. The average Bonchev–Trinajstić information content (AvgIpc) is 3.43. The lowest BCUT2D eigenvalue weighted by molar-refractivity contribution is 0.0905. The van der Waals surface area contributed by atoms with Gasteiger partial charge in [0.05, 0.1) is 12.6 Å². The minimum Gasteiger partial charge on any atom is -0.455 e. The largest absolute Gasteiger partial charge is 0.455 e. The first-order chi connectivity index (χ1) is 18.2. The van der Waals surface area contributed by atoms with Crippen LogP contribution < -0.4 is 5.32 Å². The summed E-state index contributed by atoms with van der Waals surface area (Å²) in [7, 11) is 0. The van der Waals surface area contributed by atoms with Crippen molar-refractivity contribution in [3.8, 4) is 0 Å². The number of hydrogen-bond acceptors (Lipinski definition) is 3. The normalized spacial score (nSPS) is 14.2. The van der Waals surface area contributed by atoms with Crippen LogP contribution in [-0.2, 0) is 13.1 Å². The summed E-state index contributed by atoms with van der Waals surface area (Å²) in [5.41, 5.74) is 2.69. The van der Waals surface area contributed by atoms with Crippen molar-refractivity contribution in [1.29, 1.82) is 0 Å². The van der Waals surface area contributed by atoms with E-state index in [2.05, 4.69) is 10.2 Å². The van der Waals surface area contributed by atoms with E-state index < -0.39 is 0 Å². The van der Waals surface area contributed by atoms with Crippen molar-refractivity contribution in [2.24, 2.45) is 0 Å². The number of carbonyl (C=O) groups excluding carboxylic acids is 1. The van der Waals surface area contributed by atoms with Gasteiger partial charge in [-0.1, -0.05) is 98.1 Å². The Labute approximate surface area is 218 Å². The molecule has 1 heterocycles. The van der Waals surface area contributed by atoms with Crippen LogP contribution in [0.25, 0.3) is 0 Å². The highest BCUT2D eigenvalue weighted by atomic mass is 19.1. The summed E-state index contributed by atoms with van der Waals surface area (Å²) in [5.74, 6) is 0.544. The Kier molecular flexibility index (Phi) is 8.11. The fourth-order valence-electron chi connectivity index (χ4n) is 5.24. The lowest BCUT2D eigenvalue weighted by Gasteiger charge is -2.34. The average molecular weight is 497 g/mol. The van der Waals surface area contributed by atoms with Crippen LogP contribution in [0.3, 0.4) is 0 Å². The van der Waals surface area contributed by atoms with E-state index in [0.717, 1.165) is 24.0 Å². The molecule has 4 nitrogen and oxygen atoms in total. The molecule has 0 unspecified atom stereocenters. The highest BCUT2D eigenvalue weighted by molar-refractivity contribution is 5.92. The summed E-state index contributed by atoms with van der Waals surface area (Å²) in [6, 6.07) is 30.5. The van der Waals surface area contributed by atoms with E-state index in [9.17, 15) is 9.18 Å². The molecule has 0 atom stereocenters. The third-order valence-electron chi connectivity index (χ3n) is 7.21. The Balaban J connectivity index is 1.33. The van der Waals surface area contributed by atoms with E-state index in [1.54, 1.807) is 12.1 Å². The molecular formula is C32H33FN2O2. The minimum absolute atomic E-state index is 0.185. The zero-order valence-electron chi connectivity index (χ0n) is 21.0. The zero-order valence-corrected chi connectivity index (χ0v) is 21.0. The van der Waals surface area contributed by atoms with Crippen LogP contribution in [0.2, 0.25) is 0 Å². The molecule has 0 spiro atoms. The van der Waals surface area contributed by atoms with Crippen LogP contribution in [0.4, 0.5) is 4.39 Å². The molecule has 0 aliphatic heterocycles. The number of amides is 1. The molecule has 1 aliphatic carbocycles. The minimum atomic E-state index is -0.289. The predicted octanol–water partition coefficient (Wildman–Crippen LogP) is 7.27. The molecule has 5 rings (SSSR count). The molecule has 1 aromatic heterocycles.